The van der Waals surface area contributed by atoms with Gasteiger partial charge in [-0.05, 0) is 31.0 Å². The van der Waals surface area contributed by atoms with Gasteiger partial charge in [-0.1, -0.05) is 26.0 Å². The standard InChI is InChI=1S/C15H26N2O3S/c1-4-11-20-15-8-6-14(7-9-15)13(3)16-10-12-21(18,19)17-5-2/h6-9,13,16-17H,4-5,10-12H2,1-3H3. The lowest BCUT2D eigenvalue weighted by molar-refractivity contribution is 0.317. The minimum Gasteiger partial charge on any atom is -0.494 e. The molecule has 0 saturated heterocycles. The molecule has 0 fully saturated rings. The van der Waals surface area contributed by atoms with E-state index in [1.807, 2.05) is 31.2 Å². The predicted molar refractivity (Wildman–Crippen MR) is 86.1 cm³/mol. The Kier molecular flexibility index (Phi) is 7.71. The quantitative estimate of drug-likeness (QED) is 0.694. The second-order valence-corrected chi connectivity index (χ2v) is 6.84. The fourth-order valence-corrected chi connectivity index (χ4v) is 2.86. The number of sulfonamides is 1. The van der Waals surface area contributed by atoms with Crippen LogP contribution in [0.2, 0.25) is 0 Å². The zero-order chi connectivity index (χ0) is 15.7. The van der Waals surface area contributed by atoms with Gasteiger partial charge in [-0.25, -0.2) is 13.1 Å². The van der Waals surface area contributed by atoms with Crippen LogP contribution in [0.4, 0.5) is 0 Å². The maximum absolute atomic E-state index is 11.5. The summed E-state index contributed by atoms with van der Waals surface area (Å²) in [4.78, 5) is 0. The van der Waals surface area contributed by atoms with Gasteiger partial charge in [0.2, 0.25) is 10.0 Å². The van der Waals surface area contributed by atoms with Crippen molar-refractivity contribution in [2.24, 2.45) is 0 Å². The van der Waals surface area contributed by atoms with Gasteiger partial charge in [-0.2, -0.15) is 0 Å². The van der Waals surface area contributed by atoms with E-state index in [0.717, 1.165) is 24.3 Å². The number of nitrogens with one attached hydrogen (secondary N) is 2. The lowest BCUT2D eigenvalue weighted by Gasteiger charge is -2.15. The van der Waals surface area contributed by atoms with Crippen molar-refractivity contribution >= 4 is 10.0 Å². The number of hydrogen-bond donors (Lipinski definition) is 2. The molecule has 6 heteroatoms. The molecule has 1 aromatic carbocycles. The summed E-state index contributed by atoms with van der Waals surface area (Å²) in [6.07, 6.45) is 0.986. The van der Waals surface area contributed by atoms with E-state index in [0.29, 0.717) is 13.1 Å². The first-order valence-corrected chi connectivity index (χ1v) is 9.07. The van der Waals surface area contributed by atoms with Gasteiger partial charge >= 0.3 is 0 Å². The molecular weight excluding hydrogens is 288 g/mol. The van der Waals surface area contributed by atoms with Gasteiger partial charge in [0.1, 0.15) is 5.75 Å². The molecule has 1 unspecified atom stereocenters. The minimum absolute atomic E-state index is 0.0862. The van der Waals surface area contributed by atoms with Crippen molar-refractivity contribution in [2.75, 3.05) is 25.4 Å². The molecule has 2 N–H and O–H groups in total. The summed E-state index contributed by atoms with van der Waals surface area (Å²) < 4.78 is 31.1. The van der Waals surface area contributed by atoms with Gasteiger partial charge in [0.05, 0.1) is 12.4 Å². The van der Waals surface area contributed by atoms with E-state index >= 15 is 0 Å². The molecular formula is C15H26N2O3S. The average molecular weight is 314 g/mol. The number of rotatable bonds is 10. The molecule has 0 aliphatic heterocycles. The summed E-state index contributed by atoms with van der Waals surface area (Å²) in [7, 11) is -3.16. The third-order valence-electron chi connectivity index (χ3n) is 3.04. The summed E-state index contributed by atoms with van der Waals surface area (Å²) >= 11 is 0. The van der Waals surface area contributed by atoms with Gasteiger partial charge in [-0.3, -0.25) is 0 Å². The zero-order valence-electron chi connectivity index (χ0n) is 13.1. The molecule has 5 nitrogen and oxygen atoms in total. The summed E-state index contributed by atoms with van der Waals surface area (Å²) in [5, 5.41) is 3.22. The molecule has 120 valence electrons. The van der Waals surface area contributed by atoms with E-state index in [1.54, 1.807) is 6.92 Å². The maximum atomic E-state index is 11.5. The highest BCUT2D eigenvalue weighted by Crippen LogP contribution is 2.17. The van der Waals surface area contributed by atoms with Crippen LogP contribution in [0.25, 0.3) is 0 Å². The lowest BCUT2D eigenvalue weighted by Crippen LogP contribution is -2.32. The molecule has 1 atom stereocenters. The highest BCUT2D eigenvalue weighted by Gasteiger charge is 2.10. The molecule has 0 spiro atoms. The topological polar surface area (TPSA) is 67.4 Å². The van der Waals surface area contributed by atoms with Crippen molar-refractivity contribution in [2.45, 2.75) is 33.2 Å². The van der Waals surface area contributed by atoms with E-state index in [2.05, 4.69) is 17.0 Å². The number of hydrogen-bond acceptors (Lipinski definition) is 4. The van der Waals surface area contributed by atoms with E-state index in [1.165, 1.54) is 0 Å². The lowest BCUT2D eigenvalue weighted by atomic mass is 10.1. The fraction of sp³-hybridized carbons (Fsp3) is 0.600. The molecule has 0 amide bonds. The smallest absolute Gasteiger partial charge is 0.212 e. The van der Waals surface area contributed by atoms with E-state index < -0.39 is 10.0 Å². The Hall–Kier alpha value is -1.11. The van der Waals surface area contributed by atoms with Gasteiger partial charge in [0.15, 0.2) is 0 Å². The molecule has 1 rings (SSSR count). The Morgan fingerprint density at radius 2 is 1.86 bits per heavy atom. The second kappa shape index (κ2) is 9.02. The van der Waals surface area contributed by atoms with Crippen molar-refractivity contribution in [3.63, 3.8) is 0 Å². The highest BCUT2D eigenvalue weighted by atomic mass is 32.2. The molecule has 0 radical (unpaired) electrons. The molecule has 21 heavy (non-hydrogen) atoms. The summed E-state index contributed by atoms with van der Waals surface area (Å²) in [5.74, 6) is 0.950. The maximum Gasteiger partial charge on any atom is 0.212 e. The predicted octanol–water partition coefficient (Wildman–Crippen LogP) is 2.07. The van der Waals surface area contributed by atoms with Crippen LogP contribution in [0.15, 0.2) is 24.3 Å². The first-order valence-electron chi connectivity index (χ1n) is 7.42. The molecule has 1 aromatic rings. The fourth-order valence-electron chi connectivity index (χ4n) is 1.89. The minimum atomic E-state index is -3.16. The highest BCUT2D eigenvalue weighted by molar-refractivity contribution is 7.89. The third kappa shape index (κ3) is 6.93. The Morgan fingerprint density at radius 3 is 2.43 bits per heavy atom. The largest absolute Gasteiger partial charge is 0.494 e. The normalized spacial score (nSPS) is 13.1. The summed E-state index contributed by atoms with van der Waals surface area (Å²) in [6.45, 7) is 7.43. The second-order valence-electron chi connectivity index (χ2n) is 4.91. The van der Waals surface area contributed by atoms with Crippen molar-refractivity contribution in [3.8, 4) is 5.75 Å². The molecule has 0 aromatic heterocycles. The Morgan fingerprint density at radius 1 is 1.19 bits per heavy atom. The van der Waals surface area contributed by atoms with Crippen LogP contribution in [0.1, 0.15) is 38.8 Å². The first kappa shape index (κ1) is 17.9. The van der Waals surface area contributed by atoms with Crippen molar-refractivity contribution < 1.29 is 13.2 Å². The van der Waals surface area contributed by atoms with Crippen molar-refractivity contribution in [1.29, 1.82) is 0 Å². The Labute approximate surface area is 128 Å². The van der Waals surface area contributed by atoms with Crippen LogP contribution in [0, 0.1) is 0 Å². The van der Waals surface area contributed by atoms with Crippen molar-refractivity contribution in [1.82, 2.24) is 10.0 Å². The Bertz CT molecular complexity index is 500. The van der Waals surface area contributed by atoms with Crippen LogP contribution >= 0.6 is 0 Å². The third-order valence-corrected chi connectivity index (χ3v) is 4.51. The van der Waals surface area contributed by atoms with E-state index in [9.17, 15) is 8.42 Å². The summed E-state index contributed by atoms with van der Waals surface area (Å²) in [5.41, 5.74) is 1.11. The molecule has 0 saturated carbocycles. The number of ether oxygens (including phenoxy) is 1. The van der Waals surface area contributed by atoms with Gasteiger partial charge < -0.3 is 10.1 Å². The molecule has 0 aliphatic rings. The van der Waals surface area contributed by atoms with Crippen LogP contribution in [-0.4, -0.2) is 33.9 Å². The SMILES string of the molecule is CCCOc1ccc(C(C)NCCS(=O)(=O)NCC)cc1. The first-order chi connectivity index (χ1) is 9.98. The van der Waals surface area contributed by atoms with Crippen LogP contribution in [-0.2, 0) is 10.0 Å². The number of benzene rings is 1. The molecule has 0 heterocycles. The van der Waals surface area contributed by atoms with Crippen molar-refractivity contribution in [3.05, 3.63) is 29.8 Å². The van der Waals surface area contributed by atoms with E-state index in [4.69, 9.17) is 4.74 Å². The average Bonchev–Trinajstić information content (AvgIpc) is 2.45. The zero-order valence-corrected chi connectivity index (χ0v) is 13.9. The monoisotopic (exact) mass is 314 g/mol. The molecule has 0 aliphatic carbocycles. The van der Waals surface area contributed by atoms with Crippen LogP contribution in [0.5, 0.6) is 5.75 Å². The van der Waals surface area contributed by atoms with Crippen LogP contribution < -0.4 is 14.8 Å². The van der Waals surface area contributed by atoms with E-state index in [-0.39, 0.29) is 11.8 Å². The van der Waals surface area contributed by atoms with Crippen LogP contribution in [0.3, 0.4) is 0 Å². The van der Waals surface area contributed by atoms with Gasteiger partial charge in [-0.15, -0.1) is 0 Å². The Balaban J connectivity index is 2.43. The summed E-state index contributed by atoms with van der Waals surface area (Å²) in [6, 6.07) is 7.99. The molecule has 0 bridgehead atoms. The van der Waals surface area contributed by atoms with Gasteiger partial charge in [0.25, 0.3) is 0 Å². The van der Waals surface area contributed by atoms with Gasteiger partial charge in [0, 0.05) is 19.1 Å².